The number of nitro groups is 1. The molecular formula is C18H16N8O4. The molecule has 0 saturated carbocycles. The van der Waals surface area contributed by atoms with Crippen LogP contribution in [-0.2, 0) is 11.2 Å². The summed E-state index contributed by atoms with van der Waals surface area (Å²) in [5, 5.41) is 11.5. The molecule has 152 valence electrons. The maximum Gasteiger partial charge on any atom is 0.356 e. The van der Waals surface area contributed by atoms with Crippen molar-refractivity contribution >= 4 is 29.1 Å². The molecule has 3 aromatic rings. The second-order valence-corrected chi connectivity index (χ2v) is 5.81. The number of amides is 2. The van der Waals surface area contributed by atoms with E-state index in [-0.39, 0.29) is 23.8 Å². The zero-order valence-corrected chi connectivity index (χ0v) is 15.4. The lowest BCUT2D eigenvalue weighted by Crippen LogP contribution is -2.33. The summed E-state index contributed by atoms with van der Waals surface area (Å²) in [7, 11) is 0. The Bertz CT molecular complexity index is 1050. The quantitative estimate of drug-likeness (QED) is 0.317. The van der Waals surface area contributed by atoms with Gasteiger partial charge in [0.15, 0.2) is 0 Å². The van der Waals surface area contributed by atoms with Gasteiger partial charge in [-0.1, -0.05) is 36.4 Å². The van der Waals surface area contributed by atoms with Crippen molar-refractivity contribution in [2.24, 2.45) is 0 Å². The fourth-order valence-electron chi connectivity index (χ4n) is 2.37. The average molecular weight is 408 g/mol. The van der Waals surface area contributed by atoms with Crippen molar-refractivity contribution in [2.75, 3.05) is 10.9 Å². The van der Waals surface area contributed by atoms with Crippen LogP contribution in [0.2, 0.25) is 0 Å². The van der Waals surface area contributed by atoms with Gasteiger partial charge in [0.05, 0.1) is 11.3 Å². The van der Waals surface area contributed by atoms with Gasteiger partial charge in [-0.3, -0.25) is 46.4 Å². The van der Waals surface area contributed by atoms with Gasteiger partial charge in [0, 0.05) is 6.20 Å². The van der Waals surface area contributed by atoms with Crippen LogP contribution in [0.5, 0.6) is 0 Å². The van der Waals surface area contributed by atoms with Crippen molar-refractivity contribution in [3.63, 3.8) is 0 Å². The van der Waals surface area contributed by atoms with Crippen LogP contribution in [-0.4, -0.2) is 31.7 Å². The highest BCUT2D eigenvalue weighted by atomic mass is 16.6. The number of anilines is 2. The van der Waals surface area contributed by atoms with Crippen LogP contribution in [0.25, 0.3) is 0 Å². The maximum atomic E-state index is 12.1. The van der Waals surface area contributed by atoms with Crippen molar-refractivity contribution in [1.29, 1.82) is 0 Å². The second-order valence-electron chi connectivity index (χ2n) is 5.81. The van der Waals surface area contributed by atoms with Crippen LogP contribution < -0.4 is 21.7 Å². The minimum Gasteiger partial charge on any atom is -0.276 e. The highest BCUT2D eigenvalue weighted by molar-refractivity contribution is 5.93. The van der Waals surface area contributed by atoms with E-state index in [0.717, 1.165) is 11.9 Å². The number of hydrogen-bond donors (Lipinski definition) is 4. The maximum absolute atomic E-state index is 12.1. The molecule has 30 heavy (non-hydrogen) atoms. The van der Waals surface area contributed by atoms with Gasteiger partial charge in [-0.15, -0.1) is 0 Å². The Hall–Kier alpha value is -4.61. The third-order valence-electron chi connectivity index (χ3n) is 3.72. The van der Waals surface area contributed by atoms with Crippen LogP contribution in [0.15, 0.2) is 61.1 Å². The monoisotopic (exact) mass is 408 g/mol. The Balaban J connectivity index is 1.67. The molecule has 1 aromatic carbocycles. The SMILES string of the molecule is O=C(Cc1ccccc1)NNc1ncnc(NNC(=O)c2ccccn2)c1[N+](=O)[O-]. The number of pyridine rings is 1. The summed E-state index contributed by atoms with van der Waals surface area (Å²) >= 11 is 0. The van der Waals surface area contributed by atoms with Gasteiger partial charge in [-0.2, -0.15) is 0 Å². The van der Waals surface area contributed by atoms with E-state index in [2.05, 4.69) is 36.7 Å². The van der Waals surface area contributed by atoms with Crippen molar-refractivity contribution in [3.8, 4) is 0 Å². The number of carbonyl (C=O) groups excluding carboxylic acids is 2. The summed E-state index contributed by atoms with van der Waals surface area (Å²) in [6.45, 7) is 0. The van der Waals surface area contributed by atoms with E-state index in [4.69, 9.17) is 0 Å². The Morgan fingerprint density at radius 1 is 0.900 bits per heavy atom. The highest BCUT2D eigenvalue weighted by Gasteiger charge is 2.24. The molecule has 4 N–H and O–H groups in total. The van der Waals surface area contributed by atoms with Crippen molar-refractivity contribution in [3.05, 3.63) is 82.4 Å². The Kier molecular flexibility index (Phi) is 6.41. The number of carbonyl (C=O) groups is 2. The lowest BCUT2D eigenvalue weighted by molar-refractivity contribution is -0.383. The van der Waals surface area contributed by atoms with E-state index < -0.39 is 22.4 Å². The van der Waals surface area contributed by atoms with Crippen LogP contribution >= 0.6 is 0 Å². The van der Waals surface area contributed by atoms with E-state index in [1.165, 1.54) is 12.3 Å². The molecular weight excluding hydrogens is 392 g/mol. The fraction of sp³-hybridized carbons (Fsp3) is 0.0556. The molecule has 0 radical (unpaired) electrons. The summed E-state index contributed by atoms with van der Waals surface area (Å²) in [5.41, 5.74) is 9.72. The van der Waals surface area contributed by atoms with Gasteiger partial charge in [-0.25, -0.2) is 9.97 Å². The molecule has 3 rings (SSSR count). The Labute approximate surface area is 169 Å². The lowest BCUT2D eigenvalue weighted by atomic mass is 10.1. The van der Waals surface area contributed by atoms with Crippen molar-refractivity contribution in [2.45, 2.75) is 6.42 Å². The molecule has 12 heteroatoms. The van der Waals surface area contributed by atoms with Crippen LogP contribution in [0, 0.1) is 10.1 Å². The first-order valence-electron chi connectivity index (χ1n) is 8.60. The second kappa shape index (κ2) is 9.54. The topological polar surface area (TPSA) is 164 Å². The molecule has 2 aromatic heterocycles. The summed E-state index contributed by atoms with van der Waals surface area (Å²) in [6, 6.07) is 13.7. The summed E-state index contributed by atoms with van der Waals surface area (Å²) < 4.78 is 0. The molecule has 0 spiro atoms. The first kappa shape index (κ1) is 20.1. The number of rotatable bonds is 8. The molecule has 0 aliphatic rings. The van der Waals surface area contributed by atoms with E-state index in [1.807, 2.05) is 6.07 Å². The van der Waals surface area contributed by atoms with Crippen LogP contribution in [0.4, 0.5) is 17.3 Å². The van der Waals surface area contributed by atoms with Gasteiger partial charge < -0.3 is 0 Å². The van der Waals surface area contributed by atoms with E-state index in [0.29, 0.717) is 0 Å². The number of hydrazine groups is 2. The van der Waals surface area contributed by atoms with Crippen molar-refractivity contribution < 1.29 is 14.5 Å². The molecule has 0 fully saturated rings. The predicted octanol–water partition coefficient (Wildman–Crippen LogP) is 1.22. The first-order valence-corrected chi connectivity index (χ1v) is 8.60. The molecule has 2 heterocycles. The summed E-state index contributed by atoms with van der Waals surface area (Å²) in [6.07, 6.45) is 2.54. The van der Waals surface area contributed by atoms with E-state index in [1.54, 1.807) is 36.4 Å². The van der Waals surface area contributed by atoms with Crippen LogP contribution in [0.3, 0.4) is 0 Å². The minimum absolute atomic E-state index is 0.0674. The third kappa shape index (κ3) is 5.22. The van der Waals surface area contributed by atoms with Gasteiger partial charge in [0.25, 0.3) is 5.91 Å². The van der Waals surface area contributed by atoms with Gasteiger partial charge in [-0.05, 0) is 17.7 Å². The molecule has 0 bridgehead atoms. The summed E-state index contributed by atoms with van der Waals surface area (Å²) in [4.78, 5) is 46.3. The Morgan fingerprint density at radius 3 is 2.20 bits per heavy atom. The standard InChI is InChI=1S/C18H16N8O4/c27-14(10-12-6-2-1-3-7-12)22-23-16-15(26(29)30)17(21-11-20-16)24-25-18(28)13-8-4-5-9-19-13/h1-9,11H,10H2,(H,22,27)(H,25,28)(H2,20,21,23,24). The van der Waals surface area contributed by atoms with Gasteiger partial charge >= 0.3 is 5.69 Å². The molecule has 2 amide bonds. The van der Waals surface area contributed by atoms with Crippen LogP contribution in [0.1, 0.15) is 16.1 Å². The first-order chi connectivity index (χ1) is 14.5. The smallest absolute Gasteiger partial charge is 0.276 e. The largest absolute Gasteiger partial charge is 0.356 e. The molecule has 0 saturated heterocycles. The van der Waals surface area contributed by atoms with Gasteiger partial charge in [0.1, 0.15) is 12.0 Å². The predicted molar refractivity (Wildman–Crippen MR) is 106 cm³/mol. The molecule has 12 nitrogen and oxygen atoms in total. The number of nitrogens with one attached hydrogen (secondary N) is 4. The third-order valence-corrected chi connectivity index (χ3v) is 3.72. The van der Waals surface area contributed by atoms with E-state index in [9.17, 15) is 19.7 Å². The highest BCUT2D eigenvalue weighted by Crippen LogP contribution is 2.27. The minimum atomic E-state index is -0.749. The number of hydrogen-bond acceptors (Lipinski definition) is 9. The molecule has 0 aliphatic heterocycles. The molecule has 0 unspecified atom stereocenters. The van der Waals surface area contributed by atoms with Crippen molar-refractivity contribution in [1.82, 2.24) is 25.8 Å². The Morgan fingerprint density at radius 2 is 1.57 bits per heavy atom. The van der Waals surface area contributed by atoms with Gasteiger partial charge in [0.2, 0.25) is 17.5 Å². The lowest BCUT2D eigenvalue weighted by Gasteiger charge is -2.11. The van der Waals surface area contributed by atoms with E-state index >= 15 is 0 Å². The zero-order chi connectivity index (χ0) is 21.3. The zero-order valence-electron chi connectivity index (χ0n) is 15.4. The molecule has 0 aliphatic carbocycles. The number of nitrogens with zero attached hydrogens (tertiary/aromatic N) is 4. The molecule has 0 atom stereocenters. The summed E-state index contributed by atoms with van der Waals surface area (Å²) in [5.74, 6) is -1.58. The fourth-order valence-corrected chi connectivity index (χ4v) is 2.37. The normalized spacial score (nSPS) is 10.0. The average Bonchev–Trinajstić information content (AvgIpc) is 2.77. The number of aromatic nitrogens is 3. The number of benzene rings is 1.